The Morgan fingerprint density at radius 1 is 1.43 bits per heavy atom. The van der Waals surface area contributed by atoms with E-state index in [2.05, 4.69) is 25.3 Å². The monoisotopic (exact) mass is 333 g/mol. The van der Waals surface area contributed by atoms with E-state index in [9.17, 15) is 4.79 Å². The second-order valence-electron chi connectivity index (χ2n) is 6.31. The van der Waals surface area contributed by atoms with Crippen molar-refractivity contribution in [3.05, 3.63) is 42.6 Å². The van der Waals surface area contributed by atoms with Gasteiger partial charge in [0.15, 0.2) is 5.78 Å². The number of rotatable bonds is 7. The van der Waals surface area contributed by atoms with E-state index < -0.39 is 0 Å². The van der Waals surface area contributed by atoms with Gasteiger partial charge in [0.25, 0.3) is 0 Å². The number of carbonyl (C=O) groups is 1. The number of likely N-dealkylation sites (tertiary alicyclic amines) is 1. The predicted octanol–water partition coefficient (Wildman–Crippen LogP) is 3.95. The maximum absolute atomic E-state index is 12.9. The number of Topliss-reactive ketones (excluding diaryl/α,β-unsaturated/α-hetero) is 1. The molecule has 1 aromatic carbocycles. The van der Waals surface area contributed by atoms with Crippen LogP contribution in [0.25, 0.3) is 0 Å². The molecule has 23 heavy (non-hydrogen) atoms. The minimum absolute atomic E-state index is 0.0184. The van der Waals surface area contributed by atoms with Crippen molar-refractivity contribution in [1.82, 2.24) is 4.90 Å². The van der Waals surface area contributed by atoms with E-state index in [1.165, 1.54) is 0 Å². The number of thioether (sulfide) groups is 1. The minimum Gasteiger partial charge on any atom is -0.494 e. The fourth-order valence-electron chi connectivity index (χ4n) is 2.78. The molecule has 0 radical (unpaired) electrons. The third-order valence-corrected chi connectivity index (χ3v) is 5.58. The third-order valence-electron chi connectivity index (χ3n) is 3.94. The molecular formula is C19H27NO2S. The number of ketones is 1. The van der Waals surface area contributed by atoms with Crippen molar-refractivity contribution in [2.24, 2.45) is 5.92 Å². The van der Waals surface area contributed by atoms with Crippen molar-refractivity contribution in [3.8, 4) is 5.75 Å². The molecule has 3 nitrogen and oxygen atoms in total. The number of nitrogens with zero attached hydrogens (tertiary/aromatic N) is 1. The van der Waals surface area contributed by atoms with Crippen LogP contribution in [-0.2, 0) is 4.79 Å². The van der Waals surface area contributed by atoms with E-state index in [-0.39, 0.29) is 11.2 Å². The van der Waals surface area contributed by atoms with Crippen LogP contribution in [0.4, 0.5) is 0 Å². The summed E-state index contributed by atoms with van der Waals surface area (Å²) in [6.07, 6.45) is 1.86. The second-order valence-corrected chi connectivity index (χ2v) is 7.55. The van der Waals surface area contributed by atoms with Gasteiger partial charge in [-0.3, -0.25) is 4.79 Å². The summed E-state index contributed by atoms with van der Waals surface area (Å²) >= 11 is 1.78. The van der Waals surface area contributed by atoms with Gasteiger partial charge in [0.1, 0.15) is 5.75 Å². The molecule has 2 atom stereocenters. The zero-order valence-electron chi connectivity index (χ0n) is 14.3. The van der Waals surface area contributed by atoms with Crippen LogP contribution in [0.3, 0.4) is 0 Å². The van der Waals surface area contributed by atoms with Crippen molar-refractivity contribution in [3.63, 3.8) is 0 Å². The minimum atomic E-state index is -0.105. The van der Waals surface area contributed by atoms with E-state index in [0.717, 1.165) is 23.6 Å². The van der Waals surface area contributed by atoms with E-state index >= 15 is 0 Å². The maximum atomic E-state index is 12.9. The van der Waals surface area contributed by atoms with Crippen LogP contribution in [0.15, 0.2) is 37.0 Å². The summed E-state index contributed by atoms with van der Waals surface area (Å²) in [6, 6.07) is 7.94. The van der Waals surface area contributed by atoms with Gasteiger partial charge in [-0.2, -0.15) is 0 Å². The second kappa shape index (κ2) is 8.44. The van der Waals surface area contributed by atoms with E-state index in [1.807, 2.05) is 37.4 Å². The lowest BCUT2D eigenvalue weighted by molar-refractivity contribution is -0.122. The van der Waals surface area contributed by atoms with Crippen LogP contribution < -0.4 is 4.74 Å². The Morgan fingerprint density at radius 3 is 2.87 bits per heavy atom. The standard InChI is InChI=1S/C19H27NO2S/c1-5-20-11-17(15-8-7-9-16(10-15)22-6-2)19(21)18(12-20)23-13-14(3)4/h5,7-10,14,17-18H,1,6,11-13H2,2-4H3. The Hall–Kier alpha value is -1.42. The van der Waals surface area contributed by atoms with Gasteiger partial charge < -0.3 is 9.64 Å². The van der Waals surface area contributed by atoms with Gasteiger partial charge in [-0.05, 0) is 42.5 Å². The van der Waals surface area contributed by atoms with Crippen LogP contribution >= 0.6 is 11.8 Å². The summed E-state index contributed by atoms with van der Waals surface area (Å²) in [4.78, 5) is 15.1. The first-order chi connectivity index (χ1) is 11.0. The van der Waals surface area contributed by atoms with E-state index in [1.54, 1.807) is 11.8 Å². The molecule has 1 saturated heterocycles. The molecule has 0 saturated carbocycles. The Balaban J connectivity index is 2.19. The smallest absolute Gasteiger partial charge is 0.156 e. The Kier molecular flexibility index (Phi) is 6.58. The van der Waals surface area contributed by atoms with Crippen LogP contribution in [0.1, 0.15) is 32.3 Å². The topological polar surface area (TPSA) is 29.5 Å². The molecule has 0 spiro atoms. The third kappa shape index (κ3) is 4.77. The average molecular weight is 333 g/mol. The zero-order chi connectivity index (χ0) is 16.8. The number of benzene rings is 1. The van der Waals surface area contributed by atoms with Crippen molar-refractivity contribution in [1.29, 1.82) is 0 Å². The van der Waals surface area contributed by atoms with Crippen LogP contribution in [0.2, 0.25) is 0 Å². The normalized spacial score (nSPS) is 21.6. The fourth-order valence-corrected chi connectivity index (χ4v) is 4.02. The number of ether oxygens (including phenoxy) is 1. The van der Waals surface area contributed by atoms with Crippen molar-refractivity contribution in [2.45, 2.75) is 31.9 Å². The molecule has 0 aliphatic carbocycles. The maximum Gasteiger partial charge on any atom is 0.156 e. The number of carbonyl (C=O) groups excluding carboxylic acids is 1. The molecule has 126 valence electrons. The summed E-state index contributed by atoms with van der Waals surface area (Å²) in [6.45, 7) is 12.3. The lowest BCUT2D eigenvalue weighted by atomic mass is 9.89. The lowest BCUT2D eigenvalue weighted by Gasteiger charge is -2.36. The molecule has 2 rings (SSSR count). The van der Waals surface area contributed by atoms with E-state index in [0.29, 0.717) is 24.9 Å². The van der Waals surface area contributed by atoms with E-state index in [4.69, 9.17) is 4.74 Å². The summed E-state index contributed by atoms with van der Waals surface area (Å²) in [7, 11) is 0. The van der Waals surface area contributed by atoms with Crippen molar-refractivity contribution >= 4 is 17.5 Å². The Labute approximate surface area is 144 Å². The summed E-state index contributed by atoms with van der Waals surface area (Å²) in [5, 5.41) is 0.0184. The van der Waals surface area contributed by atoms with Crippen LogP contribution in [0.5, 0.6) is 5.75 Å². The highest BCUT2D eigenvalue weighted by molar-refractivity contribution is 8.00. The van der Waals surface area contributed by atoms with Gasteiger partial charge in [0.05, 0.1) is 17.8 Å². The first-order valence-corrected chi connectivity index (χ1v) is 9.34. The predicted molar refractivity (Wildman–Crippen MR) is 98.2 cm³/mol. The lowest BCUT2D eigenvalue weighted by Crippen LogP contribution is -2.45. The number of hydrogen-bond donors (Lipinski definition) is 0. The fraction of sp³-hybridized carbons (Fsp3) is 0.526. The highest BCUT2D eigenvalue weighted by Crippen LogP contribution is 2.32. The van der Waals surface area contributed by atoms with Crippen molar-refractivity contribution in [2.75, 3.05) is 25.4 Å². The largest absolute Gasteiger partial charge is 0.494 e. The van der Waals surface area contributed by atoms with Crippen molar-refractivity contribution < 1.29 is 9.53 Å². The zero-order valence-corrected chi connectivity index (χ0v) is 15.1. The Morgan fingerprint density at radius 2 is 2.22 bits per heavy atom. The number of hydrogen-bond acceptors (Lipinski definition) is 4. The van der Waals surface area contributed by atoms with Gasteiger partial charge in [0.2, 0.25) is 0 Å². The molecule has 1 fully saturated rings. The highest BCUT2D eigenvalue weighted by Gasteiger charge is 2.35. The van der Waals surface area contributed by atoms with Gasteiger partial charge in [-0.15, -0.1) is 11.8 Å². The van der Waals surface area contributed by atoms with Gasteiger partial charge in [-0.1, -0.05) is 32.6 Å². The first-order valence-electron chi connectivity index (χ1n) is 8.29. The summed E-state index contributed by atoms with van der Waals surface area (Å²) in [5.41, 5.74) is 1.04. The molecule has 1 aliphatic heterocycles. The molecule has 1 aromatic rings. The molecular weight excluding hydrogens is 306 g/mol. The molecule has 0 bridgehead atoms. The first kappa shape index (κ1) is 17.9. The van der Waals surface area contributed by atoms with Gasteiger partial charge >= 0.3 is 0 Å². The van der Waals surface area contributed by atoms with Crippen LogP contribution in [-0.4, -0.2) is 41.4 Å². The quantitative estimate of drug-likeness (QED) is 0.755. The summed E-state index contributed by atoms with van der Waals surface area (Å²) in [5.74, 6) is 2.66. The molecule has 1 heterocycles. The summed E-state index contributed by atoms with van der Waals surface area (Å²) < 4.78 is 5.58. The molecule has 2 unspecified atom stereocenters. The van der Waals surface area contributed by atoms with Crippen LogP contribution in [0, 0.1) is 5.92 Å². The SMILES string of the molecule is C=CN1CC(SCC(C)C)C(=O)C(c2cccc(OCC)c2)C1. The molecule has 0 aromatic heterocycles. The molecule has 4 heteroatoms. The molecule has 0 amide bonds. The average Bonchev–Trinajstić information content (AvgIpc) is 2.54. The molecule has 1 aliphatic rings. The molecule has 0 N–H and O–H groups in total. The highest BCUT2D eigenvalue weighted by atomic mass is 32.2. The number of piperidine rings is 1. The Bertz CT molecular complexity index is 544. The van der Waals surface area contributed by atoms with Gasteiger partial charge in [-0.25, -0.2) is 0 Å². The van der Waals surface area contributed by atoms with Gasteiger partial charge in [0, 0.05) is 13.1 Å².